The highest BCUT2D eigenvalue weighted by molar-refractivity contribution is 6.17. The van der Waals surface area contributed by atoms with Gasteiger partial charge < -0.3 is 0 Å². The third-order valence-electron chi connectivity index (χ3n) is 7.02. The van der Waals surface area contributed by atoms with Crippen LogP contribution in [-0.4, -0.2) is 18.1 Å². The van der Waals surface area contributed by atoms with Gasteiger partial charge in [-0.05, 0) is 71.6 Å². The van der Waals surface area contributed by atoms with Crippen LogP contribution < -0.4 is 0 Å². The SMILES string of the molecule is CCc1ccc(C2=NC(c3ccc4c(c3)C=CC4C3CCCC3)=NC2)cc1CC. The van der Waals surface area contributed by atoms with Crippen molar-refractivity contribution in [2.45, 2.75) is 58.3 Å². The van der Waals surface area contributed by atoms with Gasteiger partial charge >= 0.3 is 0 Å². The zero-order chi connectivity index (χ0) is 19.8. The Morgan fingerprint density at radius 1 is 0.897 bits per heavy atom. The van der Waals surface area contributed by atoms with Crippen LogP contribution in [0, 0.1) is 5.92 Å². The summed E-state index contributed by atoms with van der Waals surface area (Å²) in [5, 5.41) is 0. The lowest BCUT2D eigenvalue weighted by molar-refractivity contribution is 0.498. The molecule has 29 heavy (non-hydrogen) atoms. The second-order valence-electron chi connectivity index (χ2n) is 8.66. The van der Waals surface area contributed by atoms with Gasteiger partial charge in [-0.3, -0.25) is 4.99 Å². The van der Waals surface area contributed by atoms with Gasteiger partial charge in [0.05, 0.1) is 12.3 Å². The summed E-state index contributed by atoms with van der Waals surface area (Å²) in [6, 6.07) is 13.6. The van der Waals surface area contributed by atoms with E-state index in [1.165, 1.54) is 53.5 Å². The molecule has 2 heteroatoms. The van der Waals surface area contributed by atoms with Crippen molar-refractivity contribution in [1.82, 2.24) is 0 Å². The van der Waals surface area contributed by atoms with Gasteiger partial charge in [0.1, 0.15) is 0 Å². The normalized spacial score (nSPS) is 20.8. The monoisotopic (exact) mass is 382 g/mol. The van der Waals surface area contributed by atoms with Crippen LogP contribution in [0.4, 0.5) is 0 Å². The molecule has 2 aromatic rings. The van der Waals surface area contributed by atoms with E-state index >= 15 is 0 Å². The number of aryl methyl sites for hydroxylation is 2. The Hall–Kier alpha value is -2.48. The van der Waals surface area contributed by atoms with E-state index in [0.717, 1.165) is 35.9 Å². The molecule has 1 aliphatic heterocycles. The molecule has 2 aliphatic carbocycles. The maximum Gasteiger partial charge on any atom is 0.155 e. The van der Waals surface area contributed by atoms with Gasteiger partial charge in [-0.2, -0.15) is 0 Å². The number of hydrogen-bond donors (Lipinski definition) is 0. The molecule has 3 aliphatic rings. The van der Waals surface area contributed by atoms with Crippen LogP contribution in [0.1, 0.15) is 78.8 Å². The number of amidine groups is 1. The summed E-state index contributed by atoms with van der Waals surface area (Å²) in [4.78, 5) is 9.70. The largest absolute Gasteiger partial charge is 0.260 e. The molecule has 0 N–H and O–H groups in total. The Morgan fingerprint density at radius 2 is 1.69 bits per heavy atom. The number of rotatable bonds is 5. The molecule has 1 heterocycles. The highest BCUT2D eigenvalue weighted by Gasteiger charge is 2.28. The van der Waals surface area contributed by atoms with Gasteiger partial charge in [-0.25, -0.2) is 4.99 Å². The number of hydrogen-bond acceptors (Lipinski definition) is 2. The minimum atomic E-state index is 0.621. The molecule has 1 fully saturated rings. The first kappa shape index (κ1) is 18.5. The van der Waals surface area contributed by atoms with E-state index in [2.05, 4.69) is 62.4 Å². The van der Waals surface area contributed by atoms with Crippen LogP contribution >= 0.6 is 0 Å². The standard InChI is InChI=1S/C27H30N2/c1-3-18-9-10-22(15-19(18)4-2)26-17-28-27(29-26)23-12-14-25-21(16-23)11-13-24(25)20-7-5-6-8-20/h9-16,20,24H,3-8,17H2,1-2H3. The van der Waals surface area contributed by atoms with Crippen molar-refractivity contribution >= 4 is 17.6 Å². The molecular weight excluding hydrogens is 352 g/mol. The fourth-order valence-corrected chi connectivity index (χ4v) is 5.34. The minimum absolute atomic E-state index is 0.621. The van der Waals surface area contributed by atoms with Crippen LogP contribution in [0.25, 0.3) is 6.08 Å². The molecule has 148 valence electrons. The second kappa shape index (κ2) is 7.74. The Kier molecular flexibility index (Phi) is 4.95. The fourth-order valence-electron chi connectivity index (χ4n) is 5.34. The van der Waals surface area contributed by atoms with Crippen molar-refractivity contribution in [2.75, 3.05) is 6.54 Å². The summed E-state index contributed by atoms with van der Waals surface area (Å²) in [6.07, 6.45) is 12.5. The molecule has 1 atom stereocenters. The van der Waals surface area contributed by atoms with E-state index in [9.17, 15) is 0 Å². The van der Waals surface area contributed by atoms with E-state index in [1.807, 2.05) is 0 Å². The Balaban J connectivity index is 1.39. The molecule has 0 saturated heterocycles. The molecule has 0 spiro atoms. The third-order valence-corrected chi connectivity index (χ3v) is 7.02. The number of allylic oxidation sites excluding steroid dienone is 1. The van der Waals surface area contributed by atoms with Crippen LogP contribution in [0.5, 0.6) is 0 Å². The predicted molar refractivity (Wildman–Crippen MR) is 123 cm³/mol. The Bertz CT molecular complexity index is 1020. The smallest absolute Gasteiger partial charge is 0.155 e. The zero-order valence-electron chi connectivity index (χ0n) is 17.6. The predicted octanol–water partition coefficient (Wildman–Crippen LogP) is 6.36. The summed E-state index contributed by atoms with van der Waals surface area (Å²) in [6.45, 7) is 5.14. The lowest BCUT2D eigenvalue weighted by Crippen LogP contribution is -2.06. The Labute approximate surface area is 174 Å². The average molecular weight is 383 g/mol. The quantitative estimate of drug-likeness (QED) is 0.575. The van der Waals surface area contributed by atoms with E-state index in [-0.39, 0.29) is 0 Å². The van der Waals surface area contributed by atoms with Gasteiger partial charge in [0, 0.05) is 11.5 Å². The number of benzene rings is 2. The minimum Gasteiger partial charge on any atom is -0.260 e. The molecule has 0 amide bonds. The summed E-state index contributed by atoms with van der Waals surface area (Å²) in [5.74, 6) is 2.35. The lowest BCUT2D eigenvalue weighted by Gasteiger charge is -2.18. The summed E-state index contributed by atoms with van der Waals surface area (Å²) in [7, 11) is 0. The average Bonchev–Trinajstić information content (AvgIpc) is 3.52. The molecule has 0 bridgehead atoms. The topological polar surface area (TPSA) is 24.7 Å². The number of aliphatic imine (C=N–C) groups is 2. The van der Waals surface area contributed by atoms with Crippen molar-refractivity contribution in [3.63, 3.8) is 0 Å². The van der Waals surface area contributed by atoms with Crippen LogP contribution in [0.2, 0.25) is 0 Å². The van der Waals surface area contributed by atoms with Gasteiger partial charge in [0.25, 0.3) is 0 Å². The van der Waals surface area contributed by atoms with Gasteiger partial charge in [0.2, 0.25) is 0 Å². The van der Waals surface area contributed by atoms with Crippen molar-refractivity contribution in [2.24, 2.45) is 15.9 Å². The molecule has 5 rings (SSSR count). The van der Waals surface area contributed by atoms with Crippen molar-refractivity contribution in [3.8, 4) is 0 Å². The lowest BCUT2D eigenvalue weighted by atomic mass is 9.86. The van der Waals surface area contributed by atoms with Gasteiger partial charge in [-0.1, -0.05) is 63.1 Å². The molecule has 1 unspecified atom stereocenters. The first-order chi connectivity index (χ1) is 14.3. The first-order valence-electron chi connectivity index (χ1n) is 11.3. The van der Waals surface area contributed by atoms with Gasteiger partial charge in [-0.15, -0.1) is 0 Å². The van der Waals surface area contributed by atoms with E-state index in [1.54, 1.807) is 0 Å². The summed E-state index contributed by atoms with van der Waals surface area (Å²) >= 11 is 0. The summed E-state index contributed by atoms with van der Waals surface area (Å²) < 4.78 is 0. The molecule has 0 aromatic heterocycles. The molecule has 1 saturated carbocycles. The van der Waals surface area contributed by atoms with E-state index in [4.69, 9.17) is 9.98 Å². The highest BCUT2D eigenvalue weighted by atomic mass is 15.0. The molecule has 2 aromatic carbocycles. The molecule has 2 nitrogen and oxygen atoms in total. The highest BCUT2D eigenvalue weighted by Crippen LogP contribution is 2.43. The third kappa shape index (κ3) is 3.39. The van der Waals surface area contributed by atoms with E-state index in [0.29, 0.717) is 12.5 Å². The maximum atomic E-state index is 4.92. The Morgan fingerprint density at radius 3 is 2.48 bits per heavy atom. The number of fused-ring (bicyclic) bond motifs is 1. The molecule has 0 radical (unpaired) electrons. The van der Waals surface area contributed by atoms with E-state index < -0.39 is 0 Å². The fraction of sp³-hybridized carbons (Fsp3) is 0.407. The second-order valence-corrected chi connectivity index (χ2v) is 8.66. The molecular formula is C27H30N2. The van der Waals surface area contributed by atoms with Crippen LogP contribution in [0.3, 0.4) is 0 Å². The number of nitrogens with zero attached hydrogens (tertiary/aromatic N) is 2. The van der Waals surface area contributed by atoms with Gasteiger partial charge in [0.15, 0.2) is 5.84 Å². The first-order valence-corrected chi connectivity index (χ1v) is 11.3. The van der Waals surface area contributed by atoms with Crippen molar-refractivity contribution in [3.05, 3.63) is 75.9 Å². The van der Waals surface area contributed by atoms with Crippen LogP contribution in [-0.2, 0) is 12.8 Å². The van der Waals surface area contributed by atoms with Crippen LogP contribution in [0.15, 0.2) is 52.5 Å². The zero-order valence-corrected chi connectivity index (χ0v) is 17.6. The van der Waals surface area contributed by atoms with Crippen molar-refractivity contribution in [1.29, 1.82) is 0 Å². The summed E-state index contributed by atoms with van der Waals surface area (Å²) in [5.41, 5.74) is 9.21. The van der Waals surface area contributed by atoms with Crippen molar-refractivity contribution < 1.29 is 0 Å². The maximum absolute atomic E-state index is 4.92.